The molecule has 0 aromatic heterocycles. The molecule has 0 bridgehead atoms. The zero-order chi connectivity index (χ0) is 3.58. The Kier molecular flexibility index (Phi) is 13.8. The first kappa shape index (κ1) is 10.5. The van der Waals surface area contributed by atoms with Gasteiger partial charge in [-0.2, -0.15) is 0 Å². The summed E-state index contributed by atoms with van der Waals surface area (Å²) in [6.07, 6.45) is 0. The fourth-order valence-electron chi connectivity index (χ4n) is 0. The average Bonchev–Trinajstić information content (AvgIpc) is 0.811. The van der Waals surface area contributed by atoms with Crippen molar-refractivity contribution in [3.8, 4) is 0 Å². The summed E-state index contributed by atoms with van der Waals surface area (Å²) in [4.78, 5) is 0. The molecule has 0 fully saturated rings. The number of rotatable bonds is 0. The van der Waals surface area contributed by atoms with Gasteiger partial charge in [-0.05, 0) is 0 Å². The van der Waals surface area contributed by atoms with E-state index in [4.69, 9.17) is 33.7 Å². The molecule has 0 aromatic carbocycles. The van der Waals surface area contributed by atoms with E-state index < -0.39 is 5.98 Å². The summed E-state index contributed by atoms with van der Waals surface area (Å²) < 4.78 is 0. The standard InChI is InChI=1S/Ca.Cl3P.2H/c;1-4(2)3;;. The van der Waals surface area contributed by atoms with Gasteiger partial charge in [-0.15, -0.1) is 0 Å². The van der Waals surface area contributed by atoms with Gasteiger partial charge >= 0.3 is 37.7 Å². The SMILES string of the molecule is ClP(Cl)Cl.[CaH2]. The number of halogens is 3. The third-order valence-electron chi connectivity index (χ3n) is 0. The van der Waals surface area contributed by atoms with Crippen molar-refractivity contribution in [2.24, 2.45) is 0 Å². The molecule has 0 aliphatic heterocycles. The Morgan fingerprint density at radius 1 is 1.00 bits per heavy atom. The monoisotopic (exact) mass is 178 g/mol. The zero-order valence-corrected chi connectivity index (χ0v) is 4.74. The summed E-state index contributed by atoms with van der Waals surface area (Å²) in [5.74, 6) is -1.20. The second kappa shape index (κ2) is 6.56. The molecule has 0 radical (unpaired) electrons. The fourth-order valence-corrected chi connectivity index (χ4v) is 0. The predicted molar refractivity (Wildman–Crippen MR) is 33.0 cm³/mol. The molecular weight excluding hydrogens is 177 g/mol. The normalized spacial score (nSPS) is 7.20. The van der Waals surface area contributed by atoms with Crippen LogP contribution in [0, 0.1) is 0 Å². The van der Waals surface area contributed by atoms with Crippen LogP contribution in [0.25, 0.3) is 0 Å². The van der Waals surface area contributed by atoms with E-state index in [1.165, 1.54) is 0 Å². The predicted octanol–water partition coefficient (Wildman–Crippen LogP) is 2.01. The van der Waals surface area contributed by atoms with Gasteiger partial charge in [-0.25, -0.2) is 0 Å². The third kappa shape index (κ3) is 20.8. The Hall–Kier alpha value is 2.56. The molecule has 0 saturated heterocycles. The van der Waals surface area contributed by atoms with Crippen LogP contribution >= 0.6 is 39.7 Å². The van der Waals surface area contributed by atoms with E-state index in [1.54, 1.807) is 0 Å². The van der Waals surface area contributed by atoms with Gasteiger partial charge in [0, 0.05) is 0 Å². The van der Waals surface area contributed by atoms with E-state index in [9.17, 15) is 0 Å². The van der Waals surface area contributed by atoms with Crippen LogP contribution in [0.5, 0.6) is 0 Å². The quantitative estimate of drug-likeness (QED) is 0.394. The topological polar surface area (TPSA) is 0 Å². The Balaban J connectivity index is 0. The summed E-state index contributed by atoms with van der Waals surface area (Å²) in [5, 5.41) is 0. The van der Waals surface area contributed by atoms with Gasteiger partial charge in [0.25, 0.3) is 0 Å². The van der Waals surface area contributed by atoms with Crippen LogP contribution in [0.3, 0.4) is 0 Å². The molecule has 0 heterocycles. The van der Waals surface area contributed by atoms with Crippen molar-refractivity contribution in [2.75, 3.05) is 0 Å². The van der Waals surface area contributed by atoms with Crippen molar-refractivity contribution < 1.29 is 0 Å². The van der Waals surface area contributed by atoms with Crippen molar-refractivity contribution in [1.29, 1.82) is 0 Å². The van der Waals surface area contributed by atoms with Gasteiger partial charge in [0.1, 0.15) is 0 Å². The fraction of sp³-hybridized carbons (Fsp3) is 0. The van der Waals surface area contributed by atoms with E-state index in [0.29, 0.717) is 0 Å². The molecule has 0 nitrogen and oxygen atoms in total. The number of hydrogen-bond acceptors (Lipinski definition) is 0. The van der Waals surface area contributed by atoms with Crippen LogP contribution < -0.4 is 0 Å². The van der Waals surface area contributed by atoms with Gasteiger partial charge in [0.05, 0.1) is 0 Å². The molecule has 30 valence electrons. The molecule has 0 spiro atoms. The maximum atomic E-state index is 4.87. The van der Waals surface area contributed by atoms with Crippen molar-refractivity contribution in [3.63, 3.8) is 0 Å². The first-order valence-corrected chi connectivity index (χ1v) is 4.56. The zero-order valence-electron chi connectivity index (χ0n) is 1.58. The van der Waals surface area contributed by atoms with Gasteiger partial charge in [0.15, 0.2) is 5.98 Å². The minimum absolute atomic E-state index is 0. The first-order chi connectivity index (χ1) is 1.73. The third-order valence-corrected chi connectivity index (χ3v) is 0. The van der Waals surface area contributed by atoms with Crippen LogP contribution in [0.2, 0.25) is 0 Å². The Labute approximate surface area is 76.3 Å². The van der Waals surface area contributed by atoms with Crippen molar-refractivity contribution in [3.05, 3.63) is 0 Å². The second-order valence-electron chi connectivity index (χ2n) is 0.192. The molecule has 0 atom stereocenters. The molecule has 0 aliphatic rings. The summed E-state index contributed by atoms with van der Waals surface area (Å²) >= 11 is 14.6. The molecule has 0 rings (SSSR count). The van der Waals surface area contributed by atoms with Crippen molar-refractivity contribution in [1.82, 2.24) is 0 Å². The van der Waals surface area contributed by atoms with Gasteiger partial charge in [-0.1, -0.05) is 33.7 Å². The van der Waals surface area contributed by atoms with Crippen LogP contribution in [0.4, 0.5) is 0 Å². The van der Waals surface area contributed by atoms with E-state index in [-0.39, 0.29) is 37.7 Å². The molecule has 0 N–H and O–H groups in total. The van der Waals surface area contributed by atoms with Crippen molar-refractivity contribution in [2.45, 2.75) is 0 Å². The summed E-state index contributed by atoms with van der Waals surface area (Å²) in [6.45, 7) is 0. The van der Waals surface area contributed by atoms with Crippen molar-refractivity contribution >= 4 is 77.4 Å². The maximum absolute atomic E-state index is 4.87. The number of hydrogen-bond donors (Lipinski definition) is 0. The average molecular weight is 179 g/mol. The summed E-state index contributed by atoms with van der Waals surface area (Å²) in [7, 11) is 0. The molecule has 5 heteroatoms. The van der Waals surface area contributed by atoms with E-state index >= 15 is 0 Å². The molecule has 0 aliphatic carbocycles. The molecule has 5 heavy (non-hydrogen) atoms. The van der Waals surface area contributed by atoms with Crippen LogP contribution in [0.1, 0.15) is 0 Å². The molecule has 0 aromatic rings. The molecule has 0 amide bonds. The van der Waals surface area contributed by atoms with Crippen LogP contribution in [-0.4, -0.2) is 37.7 Å². The Morgan fingerprint density at radius 2 is 1.00 bits per heavy atom. The minimum atomic E-state index is -1.20. The van der Waals surface area contributed by atoms with Gasteiger partial charge in [-0.3, -0.25) is 0 Å². The summed E-state index contributed by atoms with van der Waals surface area (Å²) in [5.41, 5.74) is 0. The van der Waals surface area contributed by atoms with Gasteiger partial charge < -0.3 is 0 Å². The summed E-state index contributed by atoms with van der Waals surface area (Å²) in [6, 6.07) is 0. The first-order valence-electron chi connectivity index (χ1n) is 0.507. The molecule has 0 unspecified atom stereocenters. The van der Waals surface area contributed by atoms with Crippen LogP contribution in [-0.2, 0) is 0 Å². The van der Waals surface area contributed by atoms with Gasteiger partial charge in [0.2, 0.25) is 0 Å². The Morgan fingerprint density at radius 3 is 1.00 bits per heavy atom. The Bertz CT molecular complexity index is 11.6. The van der Waals surface area contributed by atoms with Crippen LogP contribution in [0.15, 0.2) is 0 Å². The van der Waals surface area contributed by atoms with E-state index in [0.717, 1.165) is 0 Å². The molecule has 0 saturated carbocycles. The molecular formula is H2CaCl3P. The second-order valence-corrected chi connectivity index (χ2v) is 5.17. The van der Waals surface area contributed by atoms with E-state index in [1.807, 2.05) is 0 Å². The van der Waals surface area contributed by atoms with E-state index in [2.05, 4.69) is 0 Å².